The van der Waals surface area contributed by atoms with Crippen molar-refractivity contribution in [3.63, 3.8) is 0 Å². The summed E-state index contributed by atoms with van der Waals surface area (Å²) in [6, 6.07) is 6.14. The Kier molecular flexibility index (Phi) is 4.45. The second-order valence-electron chi connectivity index (χ2n) is 6.63. The van der Waals surface area contributed by atoms with Gasteiger partial charge in [-0.3, -0.25) is 0 Å². The lowest BCUT2D eigenvalue weighted by atomic mass is 9.94. The van der Waals surface area contributed by atoms with Gasteiger partial charge in [0.2, 0.25) is 0 Å². The Morgan fingerprint density at radius 2 is 2.05 bits per heavy atom. The first-order chi connectivity index (χ1) is 9.80. The van der Waals surface area contributed by atoms with E-state index in [1.165, 1.54) is 11.1 Å². The number of carbonyl (C=O) groups excluding carboxylic acids is 1. The number of benzene rings is 1. The number of hydrogen-bond donors (Lipinski definition) is 0. The molecule has 2 rings (SSSR count). The molecule has 1 saturated heterocycles. The molecule has 4 nitrogen and oxygen atoms in total. The van der Waals surface area contributed by atoms with Crippen LogP contribution in [0.15, 0.2) is 18.2 Å². The van der Waals surface area contributed by atoms with E-state index < -0.39 is 5.60 Å². The number of amides is 1. The number of carbonyl (C=O) groups is 1. The largest absolute Gasteiger partial charge is 0.497 e. The number of ether oxygens (including phenoxy) is 2. The van der Waals surface area contributed by atoms with Gasteiger partial charge in [0, 0.05) is 19.0 Å². The maximum atomic E-state index is 12.1. The zero-order valence-electron chi connectivity index (χ0n) is 13.6. The van der Waals surface area contributed by atoms with Crippen LogP contribution in [0.3, 0.4) is 0 Å². The Morgan fingerprint density at radius 1 is 1.33 bits per heavy atom. The fourth-order valence-corrected chi connectivity index (χ4v) is 2.74. The molecule has 0 bridgehead atoms. The van der Waals surface area contributed by atoms with Crippen LogP contribution in [-0.4, -0.2) is 36.8 Å². The number of nitrogens with zero attached hydrogens (tertiary/aromatic N) is 1. The van der Waals surface area contributed by atoms with Gasteiger partial charge in [-0.1, -0.05) is 6.07 Å². The van der Waals surface area contributed by atoms with Crippen LogP contribution in [0.25, 0.3) is 0 Å². The Hall–Kier alpha value is -1.71. The van der Waals surface area contributed by atoms with Gasteiger partial charge < -0.3 is 14.4 Å². The smallest absolute Gasteiger partial charge is 0.410 e. The summed E-state index contributed by atoms with van der Waals surface area (Å²) >= 11 is 0. The highest BCUT2D eigenvalue weighted by molar-refractivity contribution is 5.68. The minimum atomic E-state index is -0.439. The SMILES string of the molecule is COc1ccc(C2CCN(C(=O)OC(C)(C)C)C2)c(C)c1. The van der Waals surface area contributed by atoms with Crippen LogP contribution in [0.5, 0.6) is 5.75 Å². The summed E-state index contributed by atoms with van der Waals surface area (Å²) in [5.41, 5.74) is 2.07. The molecule has 21 heavy (non-hydrogen) atoms. The highest BCUT2D eigenvalue weighted by Crippen LogP contribution is 2.31. The van der Waals surface area contributed by atoms with Crippen molar-refractivity contribution in [2.75, 3.05) is 20.2 Å². The number of methoxy groups -OCH3 is 1. The molecule has 1 aromatic carbocycles. The van der Waals surface area contributed by atoms with Crippen molar-refractivity contribution in [1.29, 1.82) is 0 Å². The lowest BCUT2D eigenvalue weighted by Crippen LogP contribution is -2.35. The maximum absolute atomic E-state index is 12.1. The van der Waals surface area contributed by atoms with Gasteiger partial charge in [-0.05, 0) is 57.4 Å². The van der Waals surface area contributed by atoms with Gasteiger partial charge in [0.15, 0.2) is 0 Å². The number of aryl methyl sites for hydroxylation is 1. The minimum Gasteiger partial charge on any atom is -0.497 e. The van der Waals surface area contributed by atoms with E-state index in [1.807, 2.05) is 32.9 Å². The molecule has 1 aliphatic heterocycles. The average molecular weight is 291 g/mol. The minimum absolute atomic E-state index is 0.212. The second kappa shape index (κ2) is 5.96. The van der Waals surface area contributed by atoms with E-state index >= 15 is 0 Å². The highest BCUT2D eigenvalue weighted by atomic mass is 16.6. The zero-order chi connectivity index (χ0) is 15.6. The van der Waals surface area contributed by atoms with Gasteiger partial charge in [0.25, 0.3) is 0 Å². The first kappa shape index (κ1) is 15.7. The van der Waals surface area contributed by atoms with Gasteiger partial charge in [-0.25, -0.2) is 4.79 Å². The molecule has 1 aromatic rings. The lowest BCUT2D eigenvalue weighted by molar-refractivity contribution is 0.0292. The molecule has 0 saturated carbocycles. The van der Waals surface area contributed by atoms with Crippen molar-refractivity contribution in [3.8, 4) is 5.75 Å². The van der Waals surface area contributed by atoms with E-state index in [9.17, 15) is 4.79 Å². The molecular formula is C17H25NO3. The lowest BCUT2D eigenvalue weighted by Gasteiger charge is -2.24. The van der Waals surface area contributed by atoms with Crippen molar-refractivity contribution in [2.24, 2.45) is 0 Å². The molecule has 0 aromatic heterocycles. The van der Waals surface area contributed by atoms with Gasteiger partial charge in [0.05, 0.1) is 7.11 Å². The molecule has 1 aliphatic rings. The van der Waals surface area contributed by atoms with E-state index in [4.69, 9.17) is 9.47 Å². The first-order valence-electron chi connectivity index (χ1n) is 7.42. The average Bonchev–Trinajstić information content (AvgIpc) is 2.86. The molecule has 116 valence electrons. The van der Waals surface area contributed by atoms with Crippen molar-refractivity contribution >= 4 is 6.09 Å². The Morgan fingerprint density at radius 3 is 2.62 bits per heavy atom. The van der Waals surface area contributed by atoms with Crippen LogP contribution in [0.1, 0.15) is 44.2 Å². The third kappa shape index (κ3) is 3.90. The van der Waals surface area contributed by atoms with Crippen molar-refractivity contribution in [1.82, 2.24) is 4.90 Å². The van der Waals surface area contributed by atoms with E-state index in [0.29, 0.717) is 5.92 Å². The molecule has 1 unspecified atom stereocenters. The van der Waals surface area contributed by atoms with Gasteiger partial charge >= 0.3 is 6.09 Å². The molecule has 0 spiro atoms. The summed E-state index contributed by atoms with van der Waals surface area (Å²) in [7, 11) is 1.67. The van der Waals surface area contributed by atoms with Gasteiger partial charge in [0.1, 0.15) is 11.4 Å². The monoisotopic (exact) mass is 291 g/mol. The summed E-state index contributed by atoms with van der Waals surface area (Å²) in [5.74, 6) is 1.25. The molecule has 1 amide bonds. The normalized spacial score (nSPS) is 18.7. The summed E-state index contributed by atoms with van der Waals surface area (Å²) in [6.07, 6.45) is 0.767. The van der Waals surface area contributed by atoms with Crippen LogP contribution >= 0.6 is 0 Å². The molecule has 4 heteroatoms. The number of likely N-dealkylation sites (tertiary alicyclic amines) is 1. The standard InChI is InChI=1S/C17H25NO3/c1-12-10-14(20-5)6-7-15(12)13-8-9-18(11-13)16(19)21-17(2,3)4/h6-7,10,13H,8-9,11H2,1-5H3. The van der Waals surface area contributed by atoms with Crippen LogP contribution in [0.4, 0.5) is 4.79 Å². The summed E-state index contributed by atoms with van der Waals surface area (Å²) in [6.45, 7) is 9.26. The fraction of sp³-hybridized carbons (Fsp3) is 0.588. The molecule has 1 heterocycles. The third-order valence-corrected chi connectivity index (χ3v) is 3.76. The molecule has 0 N–H and O–H groups in total. The summed E-state index contributed by atoms with van der Waals surface area (Å²) in [5, 5.41) is 0. The first-order valence-corrected chi connectivity index (χ1v) is 7.42. The quantitative estimate of drug-likeness (QED) is 0.833. The van der Waals surface area contributed by atoms with Crippen LogP contribution in [-0.2, 0) is 4.74 Å². The number of rotatable bonds is 2. The highest BCUT2D eigenvalue weighted by Gasteiger charge is 2.31. The third-order valence-electron chi connectivity index (χ3n) is 3.76. The number of hydrogen-bond acceptors (Lipinski definition) is 3. The predicted molar refractivity (Wildman–Crippen MR) is 82.9 cm³/mol. The van der Waals surface area contributed by atoms with Crippen molar-refractivity contribution < 1.29 is 14.3 Å². The van der Waals surface area contributed by atoms with Gasteiger partial charge in [-0.15, -0.1) is 0 Å². The second-order valence-corrected chi connectivity index (χ2v) is 6.63. The predicted octanol–water partition coefficient (Wildman–Crippen LogP) is 3.73. The Labute approximate surface area is 127 Å². The van der Waals surface area contributed by atoms with E-state index in [0.717, 1.165) is 25.3 Å². The van der Waals surface area contributed by atoms with E-state index in [-0.39, 0.29) is 6.09 Å². The maximum Gasteiger partial charge on any atom is 0.410 e. The fourth-order valence-electron chi connectivity index (χ4n) is 2.74. The van der Waals surface area contributed by atoms with E-state index in [2.05, 4.69) is 13.0 Å². The van der Waals surface area contributed by atoms with Crippen LogP contribution < -0.4 is 4.74 Å². The van der Waals surface area contributed by atoms with Gasteiger partial charge in [-0.2, -0.15) is 0 Å². The van der Waals surface area contributed by atoms with E-state index in [1.54, 1.807) is 12.0 Å². The topological polar surface area (TPSA) is 38.8 Å². The summed E-state index contributed by atoms with van der Waals surface area (Å²) < 4.78 is 10.7. The molecule has 1 fully saturated rings. The van der Waals surface area contributed by atoms with Crippen LogP contribution in [0.2, 0.25) is 0 Å². The molecule has 0 radical (unpaired) electrons. The van der Waals surface area contributed by atoms with Crippen molar-refractivity contribution in [3.05, 3.63) is 29.3 Å². The summed E-state index contributed by atoms with van der Waals surface area (Å²) in [4.78, 5) is 13.9. The Bertz CT molecular complexity index is 519. The molecule has 1 atom stereocenters. The zero-order valence-corrected chi connectivity index (χ0v) is 13.6. The molecular weight excluding hydrogens is 266 g/mol. The molecule has 0 aliphatic carbocycles. The Balaban J connectivity index is 2.04. The van der Waals surface area contributed by atoms with Crippen molar-refractivity contribution in [2.45, 2.75) is 45.6 Å². The van der Waals surface area contributed by atoms with Crippen LogP contribution in [0, 0.1) is 6.92 Å².